The third kappa shape index (κ3) is 3.31. The van der Waals surface area contributed by atoms with Gasteiger partial charge in [0.25, 0.3) is 0 Å². The summed E-state index contributed by atoms with van der Waals surface area (Å²) in [6.45, 7) is 0.567. The van der Waals surface area contributed by atoms with Crippen LogP contribution in [0.4, 0.5) is 10.1 Å². The van der Waals surface area contributed by atoms with Crippen molar-refractivity contribution >= 4 is 28.1 Å². The minimum Gasteiger partial charge on any atom is -0.488 e. The lowest BCUT2D eigenvalue weighted by Gasteiger charge is -2.19. The van der Waals surface area contributed by atoms with Crippen molar-refractivity contribution in [3.8, 4) is 5.75 Å². The van der Waals surface area contributed by atoms with Gasteiger partial charge in [-0.25, -0.2) is 12.8 Å². The molecule has 1 saturated heterocycles. The zero-order chi connectivity index (χ0) is 17.6. The number of sulfonamides is 1. The lowest BCUT2D eigenvalue weighted by atomic mass is 9.98. The van der Waals surface area contributed by atoms with E-state index in [1.54, 1.807) is 0 Å². The van der Waals surface area contributed by atoms with Gasteiger partial charge in [-0.3, -0.25) is 10.1 Å². The van der Waals surface area contributed by atoms with Crippen LogP contribution in [0.15, 0.2) is 17.0 Å². The summed E-state index contributed by atoms with van der Waals surface area (Å²) in [6.07, 6.45) is 1.72. The molecule has 0 amide bonds. The number of halogens is 2. The summed E-state index contributed by atoms with van der Waals surface area (Å²) in [4.78, 5) is 9.76. The summed E-state index contributed by atoms with van der Waals surface area (Å²) in [5.74, 6) is -1.40. The average Bonchev–Trinajstić information content (AvgIpc) is 3.09. The monoisotopic (exact) mass is 395 g/mol. The number of nitro benzene ring substituents is 1. The lowest BCUT2D eigenvalue weighted by Crippen LogP contribution is -2.33. The third-order valence-corrected chi connectivity index (χ3v) is 6.72. The van der Waals surface area contributed by atoms with E-state index in [4.69, 9.17) is 5.73 Å². The highest BCUT2D eigenvalue weighted by atomic mass is 35.5. The van der Waals surface area contributed by atoms with Crippen molar-refractivity contribution in [2.24, 2.45) is 17.6 Å². The van der Waals surface area contributed by atoms with E-state index in [9.17, 15) is 22.9 Å². The minimum atomic E-state index is -4.03. The van der Waals surface area contributed by atoms with E-state index < -0.39 is 37.1 Å². The van der Waals surface area contributed by atoms with E-state index in [1.807, 2.05) is 0 Å². The van der Waals surface area contributed by atoms with E-state index in [-0.39, 0.29) is 36.8 Å². The molecule has 2 fully saturated rings. The average molecular weight is 396 g/mol. The second-order valence-corrected chi connectivity index (χ2v) is 8.14. The van der Waals surface area contributed by atoms with Gasteiger partial charge in [0, 0.05) is 25.2 Å². The maximum atomic E-state index is 14.0. The molecule has 2 N–H and O–H groups in total. The van der Waals surface area contributed by atoms with Gasteiger partial charge >= 0.3 is 5.69 Å². The molecule has 140 valence electrons. The summed E-state index contributed by atoms with van der Waals surface area (Å²) in [5, 5.41) is 11.1. The largest absolute Gasteiger partial charge is 0.488 e. The van der Waals surface area contributed by atoms with E-state index in [0.29, 0.717) is 6.54 Å². The highest BCUT2D eigenvalue weighted by Gasteiger charge is 2.45. The molecule has 0 radical (unpaired) electrons. The van der Waals surface area contributed by atoms with Crippen LogP contribution in [0, 0.1) is 27.8 Å². The Morgan fingerprint density at radius 2 is 2.04 bits per heavy atom. The molecule has 11 heteroatoms. The quantitative estimate of drug-likeness (QED) is 0.610. The molecule has 1 aromatic rings. The Bertz CT molecular complexity index is 791. The van der Waals surface area contributed by atoms with Gasteiger partial charge in [-0.1, -0.05) is 0 Å². The number of nitro groups is 1. The molecule has 3 unspecified atom stereocenters. The molecule has 3 atom stereocenters. The molecule has 0 bridgehead atoms. The van der Waals surface area contributed by atoms with Gasteiger partial charge in [-0.05, 0) is 30.7 Å². The van der Waals surface area contributed by atoms with E-state index in [1.165, 1.54) is 4.31 Å². The molecule has 1 saturated carbocycles. The van der Waals surface area contributed by atoms with Gasteiger partial charge < -0.3 is 10.5 Å². The van der Waals surface area contributed by atoms with Crippen molar-refractivity contribution in [1.29, 1.82) is 0 Å². The first-order valence-electron chi connectivity index (χ1n) is 7.53. The van der Waals surface area contributed by atoms with Crippen LogP contribution in [0.1, 0.15) is 12.8 Å². The first kappa shape index (κ1) is 19.8. The number of nitrogens with two attached hydrogens (primary N) is 1. The van der Waals surface area contributed by atoms with Crippen LogP contribution in [0.5, 0.6) is 5.75 Å². The molecule has 1 heterocycles. The SMILES string of the molecule is COc1c(F)cc(S(=O)(=O)N2CC3CCC(N)C3C2)cc1[N+](=O)[O-].Cl. The van der Waals surface area contributed by atoms with Crippen LogP contribution in [-0.4, -0.2) is 43.9 Å². The summed E-state index contributed by atoms with van der Waals surface area (Å²) < 4.78 is 45.5. The number of fused-ring (bicyclic) bond motifs is 1. The first-order chi connectivity index (χ1) is 11.3. The number of nitrogens with zero attached hydrogens (tertiary/aromatic N) is 2. The standard InChI is InChI=1S/C14H18FN3O5S.ClH/c1-23-14-11(15)4-9(5-13(14)18(19)20)24(21,22)17-6-8-2-3-12(16)10(8)7-17;/h4-5,8,10,12H,2-3,6-7,16H2,1H3;1H. The Hall–Kier alpha value is -1.49. The number of hydrogen-bond acceptors (Lipinski definition) is 6. The van der Waals surface area contributed by atoms with Crippen LogP contribution in [0.2, 0.25) is 0 Å². The van der Waals surface area contributed by atoms with E-state index in [2.05, 4.69) is 4.74 Å². The smallest absolute Gasteiger partial charge is 0.315 e. The second kappa shape index (κ2) is 7.02. The van der Waals surface area contributed by atoms with Gasteiger partial charge in [0.15, 0.2) is 5.82 Å². The predicted molar refractivity (Wildman–Crippen MR) is 89.8 cm³/mol. The van der Waals surface area contributed by atoms with Crippen molar-refractivity contribution in [2.75, 3.05) is 20.2 Å². The molecule has 25 heavy (non-hydrogen) atoms. The molecular weight excluding hydrogens is 377 g/mol. The van der Waals surface area contributed by atoms with Crippen molar-refractivity contribution in [2.45, 2.75) is 23.8 Å². The van der Waals surface area contributed by atoms with Gasteiger partial charge in [0.2, 0.25) is 15.8 Å². The fraction of sp³-hybridized carbons (Fsp3) is 0.571. The summed E-state index contributed by atoms with van der Waals surface area (Å²) in [7, 11) is -2.94. The van der Waals surface area contributed by atoms with E-state index >= 15 is 0 Å². The van der Waals surface area contributed by atoms with Crippen molar-refractivity contribution in [1.82, 2.24) is 4.31 Å². The van der Waals surface area contributed by atoms with Crippen LogP contribution < -0.4 is 10.5 Å². The lowest BCUT2D eigenvalue weighted by molar-refractivity contribution is -0.386. The zero-order valence-corrected chi connectivity index (χ0v) is 15.1. The minimum absolute atomic E-state index is 0. The second-order valence-electron chi connectivity index (χ2n) is 6.20. The van der Waals surface area contributed by atoms with Gasteiger partial charge in [-0.2, -0.15) is 4.31 Å². The van der Waals surface area contributed by atoms with Crippen molar-refractivity contribution in [3.63, 3.8) is 0 Å². The van der Waals surface area contributed by atoms with Crippen molar-refractivity contribution < 1.29 is 22.5 Å². The molecule has 1 aromatic carbocycles. The normalized spacial score (nSPS) is 26.1. The fourth-order valence-corrected chi connectivity index (χ4v) is 5.22. The van der Waals surface area contributed by atoms with Crippen LogP contribution in [-0.2, 0) is 10.0 Å². The molecular formula is C14H19ClFN3O5S. The van der Waals surface area contributed by atoms with Crippen LogP contribution in [0.25, 0.3) is 0 Å². The highest BCUT2D eigenvalue weighted by Crippen LogP contribution is 2.40. The Morgan fingerprint density at radius 3 is 2.60 bits per heavy atom. The zero-order valence-electron chi connectivity index (χ0n) is 13.4. The summed E-state index contributed by atoms with van der Waals surface area (Å²) in [6, 6.07) is 1.55. The Balaban J connectivity index is 0.00000225. The molecule has 1 aliphatic heterocycles. The highest BCUT2D eigenvalue weighted by molar-refractivity contribution is 7.89. The van der Waals surface area contributed by atoms with E-state index in [0.717, 1.165) is 32.1 Å². The predicted octanol–water partition coefficient (Wildman–Crippen LogP) is 1.52. The van der Waals surface area contributed by atoms with Crippen LogP contribution in [0.3, 0.4) is 0 Å². The number of hydrogen-bond donors (Lipinski definition) is 1. The molecule has 1 aliphatic carbocycles. The van der Waals surface area contributed by atoms with Gasteiger partial charge in [0.1, 0.15) is 0 Å². The molecule has 2 aliphatic rings. The number of rotatable bonds is 4. The number of benzene rings is 1. The summed E-state index contributed by atoms with van der Waals surface area (Å²) in [5.41, 5.74) is 5.29. The Morgan fingerprint density at radius 1 is 1.36 bits per heavy atom. The topological polar surface area (TPSA) is 116 Å². The van der Waals surface area contributed by atoms with Gasteiger partial charge in [0.05, 0.1) is 16.9 Å². The third-order valence-electron chi connectivity index (χ3n) is 4.91. The Kier molecular flexibility index (Phi) is 5.57. The number of methoxy groups -OCH3 is 1. The fourth-order valence-electron chi connectivity index (χ4n) is 3.65. The Labute approximate surface area is 150 Å². The van der Waals surface area contributed by atoms with Crippen LogP contribution >= 0.6 is 12.4 Å². The number of ether oxygens (including phenoxy) is 1. The molecule has 0 spiro atoms. The maximum Gasteiger partial charge on any atom is 0.315 e. The molecule has 0 aromatic heterocycles. The first-order valence-corrected chi connectivity index (χ1v) is 8.97. The van der Waals surface area contributed by atoms with Gasteiger partial charge in [-0.15, -0.1) is 12.4 Å². The maximum absolute atomic E-state index is 14.0. The summed E-state index contributed by atoms with van der Waals surface area (Å²) >= 11 is 0. The molecule has 3 rings (SSSR count). The van der Waals surface area contributed by atoms with Crippen molar-refractivity contribution in [3.05, 3.63) is 28.1 Å². The molecule has 8 nitrogen and oxygen atoms in total.